The molecule has 27 heavy (non-hydrogen) atoms. The minimum absolute atomic E-state index is 0.0482. The molecular formula is C19H34N4O4. The van der Waals surface area contributed by atoms with E-state index in [-0.39, 0.29) is 12.3 Å². The van der Waals surface area contributed by atoms with Crippen molar-refractivity contribution in [2.75, 3.05) is 52.4 Å². The van der Waals surface area contributed by atoms with Crippen molar-refractivity contribution in [1.29, 1.82) is 0 Å². The fourth-order valence-electron chi connectivity index (χ4n) is 4.68. The van der Waals surface area contributed by atoms with Gasteiger partial charge < -0.3 is 20.1 Å². The molecule has 0 aliphatic carbocycles. The Morgan fingerprint density at radius 1 is 1.15 bits per heavy atom. The van der Waals surface area contributed by atoms with Crippen LogP contribution in [0.3, 0.4) is 0 Å². The van der Waals surface area contributed by atoms with Gasteiger partial charge in [-0.25, -0.2) is 0 Å². The first-order valence-corrected chi connectivity index (χ1v) is 10.3. The number of amides is 1. The van der Waals surface area contributed by atoms with Crippen molar-refractivity contribution >= 4 is 11.9 Å². The quantitative estimate of drug-likeness (QED) is 0.506. The number of esters is 1. The number of nitrogens with zero attached hydrogens (tertiary/aromatic N) is 3. The highest BCUT2D eigenvalue weighted by molar-refractivity contribution is 5.82. The number of piperazine rings is 1. The summed E-state index contributed by atoms with van der Waals surface area (Å²) in [6.07, 6.45) is 2.84. The van der Waals surface area contributed by atoms with Gasteiger partial charge in [0.25, 0.3) is 0 Å². The molecule has 3 rings (SSSR count). The molecule has 154 valence electrons. The maximum Gasteiger partial charge on any atom is 0.305 e. The number of piperidine rings is 2. The molecule has 3 heterocycles. The third kappa shape index (κ3) is 4.99. The van der Waals surface area contributed by atoms with E-state index in [9.17, 15) is 14.7 Å². The Labute approximate surface area is 161 Å². The monoisotopic (exact) mass is 382 g/mol. The number of carbonyl (C=O) groups is 2. The molecule has 2 unspecified atom stereocenters. The third-order valence-corrected chi connectivity index (χ3v) is 6.22. The van der Waals surface area contributed by atoms with E-state index in [2.05, 4.69) is 15.1 Å². The molecule has 3 aliphatic heterocycles. The van der Waals surface area contributed by atoms with Gasteiger partial charge in [-0.15, -0.1) is 0 Å². The van der Waals surface area contributed by atoms with Gasteiger partial charge in [0.05, 0.1) is 6.04 Å². The number of nitrogens with one attached hydrogen (secondary N) is 1. The first-order valence-electron chi connectivity index (χ1n) is 10.3. The average Bonchev–Trinajstić information content (AvgIpc) is 2.67. The van der Waals surface area contributed by atoms with Crippen LogP contribution in [-0.2, 0) is 14.3 Å². The molecule has 0 radical (unpaired) electrons. The summed E-state index contributed by atoms with van der Waals surface area (Å²) < 4.78 is 5.14. The largest absolute Gasteiger partial charge is 0.433 e. The summed E-state index contributed by atoms with van der Waals surface area (Å²) in [4.78, 5) is 31.0. The van der Waals surface area contributed by atoms with Crippen molar-refractivity contribution in [3.8, 4) is 0 Å². The minimum Gasteiger partial charge on any atom is -0.433 e. The van der Waals surface area contributed by atoms with E-state index < -0.39 is 17.8 Å². The number of carbonyl (C=O) groups excluding carboxylic acids is 2. The molecule has 2 atom stereocenters. The normalized spacial score (nSPS) is 31.7. The highest BCUT2D eigenvalue weighted by Crippen LogP contribution is 2.29. The molecule has 3 aliphatic rings. The van der Waals surface area contributed by atoms with Gasteiger partial charge in [0.15, 0.2) is 0 Å². The number of hydrogen-bond donors (Lipinski definition) is 2. The van der Waals surface area contributed by atoms with E-state index in [4.69, 9.17) is 4.74 Å². The summed E-state index contributed by atoms with van der Waals surface area (Å²) in [5.41, 5.74) is 0. The Balaban J connectivity index is 1.59. The first kappa shape index (κ1) is 20.5. The number of aliphatic hydroxyl groups is 1. The van der Waals surface area contributed by atoms with Gasteiger partial charge >= 0.3 is 5.97 Å². The van der Waals surface area contributed by atoms with Gasteiger partial charge in [-0.1, -0.05) is 6.92 Å². The molecule has 0 bridgehead atoms. The second kappa shape index (κ2) is 8.86. The summed E-state index contributed by atoms with van der Waals surface area (Å²) in [5.74, 6) is -1.99. The Kier molecular flexibility index (Phi) is 6.73. The second-order valence-corrected chi connectivity index (χ2v) is 7.98. The van der Waals surface area contributed by atoms with Crippen LogP contribution in [0.2, 0.25) is 0 Å². The predicted molar refractivity (Wildman–Crippen MR) is 101 cm³/mol. The molecule has 0 aromatic carbocycles. The van der Waals surface area contributed by atoms with Crippen LogP contribution >= 0.6 is 0 Å². The van der Waals surface area contributed by atoms with E-state index >= 15 is 0 Å². The smallest absolute Gasteiger partial charge is 0.305 e. The van der Waals surface area contributed by atoms with Crippen molar-refractivity contribution in [3.63, 3.8) is 0 Å². The highest BCUT2D eigenvalue weighted by Gasteiger charge is 2.45. The molecule has 1 amide bonds. The summed E-state index contributed by atoms with van der Waals surface area (Å²) in [7, 11) is 0. The lowest BCUT2D eigenvalue weighted by atomic mass is 9.94. The van der Waals surface area contributed by atoms with Crippen molar-refractivity contribution < 1.29 is 19.4 Å². The topological polar surface area (TPSA) is 85.3 Å². The van der Waals surface area contributed by atoms with Crippen molar-refractivity contribution in [1.82, 2.24) is 20.0 Å². The second-order valence-electron chi connectivity index (χ2n) is 7.98. The molecule has 8 heteroatoms. The van der Waals surface area contributed by atoms with Crippen LogP contribution in [0.25, 0.3) is 0 Å². The lowest BCUT2D eigenvalue weighted by Crippen LogP contribution is -2.61. The van der Waals surface area contributed by atoms with Gasteiger partial charge in [-0.2, -0.15) is 0 Å². The molecule has 0 aromatic rings. The Hall–Kier alpha value is -1.22. The van der Waals surface area contributed by atoms with Gasteiger partial charge in [-0.05, 0) is 32.5 Å². The zero-order chi connectivity index (χ0) is 19.4. The molecule has 8 nitrogen and oxygen atoms in total. The fourth-order valence-corrected chi connectivity index (χ4v) is 4.68. The van der Waals surface area contributed by atoms with Crippen molar-refractivity contribution in [2.24, 2.45) is 0 Å². The molecule has 0 saturated carbocycles. The summed E-state index contributed by atoms with van der Waals surface area (Å²) in [6, 6.07) is 0.193. The molecule has 0 aromatic heterocycles. The number of ether oxygens (including phenoxy) is 1. The lowest BCUT2D eigenvalue weighted by molar-refractivity contribution is -0.230. The zero-order valence-corrected chi connectivity index (χ0v) is 16.7. The van der Waals surface area contributed by atoms with Crippen molar-refractivity contribution in [3.05, 3.63) is 0 Å². The number of rotatable bonds is 4. The van der Waals surface area contributed by atoms with Crippen LogP contribution in [0.4, 0.5) is 0 Å². The minimum atomic E-state index is -1.53. The Morgan fingerprint density at radius 2 is 1.81 bits per heavy atom. The van der Waals surface area contributed by atoms with E-state index in [1.54, 1.807) is 0 Å². The molecule has 0 spiro atoms. The van der Waals surface area contributed by atoms with Crippen LogP contribution in [0.5, 0.6) is 0 Å². The fraction of sp³-hybridized carbons (Fsp3) is 0.895. The maximum atomic E-state index is 13.2. The van der Waals surface area contributed by atoms with Crippen LogP contribution in [0.15, 0.2) is 0 Å². The third-order valence-electron chi connectivity index (χ3n) is 6.22. The summed E-state index contributed by atoms with van der Waals surface area (Å²) >= 11 is 0. The van der Waals surface area contributed by atoms with Crippen LogP contribution in [0, 0.1) is 0 Å². The number of likely N-dealkylation sites (N-methyl/N-ethyl adjacent to an activating group) is 1. The number of hydrogen-bond acceptors (Lipinski definition) is 7. The average molecular weight is 383 g/mol. The lowest BCUT2D eigenvalue weighted by Gasteiger charge is -2.45. The van der Waals surface area contributed by atoms with E-state index in [0.717, 1.165) is 45.8 Å². The molecular weight excluding hydrogens is 348 g/mol. The van der Waals surface area contributed by atoms with E-state index in [0.29, 0.717) is 19.0 Å². The van der Waals surface area contributed by atoms with Crippen LogP contribution < -0.4 is 5.32 Å². The van der Waals surface area contributed by atoms with Gasteiger partial charge in [0.2, 0.25) is 11.7 Å². The van der Waals surface area contributed by atoms with Crippen LogP contribution in [-0.4, -0.2) is 102 Å². The number of likely N-dealkylation sites (tertiary alicyclic amines) is 1. The zero-order valence-electron chi connectivity index (χ0n) is 16.7. The van der Waals surface area contributed by atoms with Crippen LogP contribution in [0.1, 0.15) is 39.5 Å². The first-order chi connectivity index (χ1) is 12.9. The summed E-state index contributed by atoms with van der Waals surface area (Å²) in [5, 5.41) is 14.0. The SMILES string of the molecule is CCN1CCC(O)(OC(C)=O)CC1C(=O)N1CCN(C2CCNCC2)CC1. The molecule has 3 saturated heterocycles. The standard InChI is InChI=1S/C19H34N4O4/c1-3-21-9-6-19(26,27-15(2)24)14-17(21)18(25)23-12-10-22(11-13-23)16-4-7-20-8-5-16/h16-17,20,26H,3-14H2,1-2H3. The molecule has 3 fully saturated rings. The van der Waals surface area contributed by atoms with E-state index in [1.807, 2.05) is 11.8 Å². The molecule has 2 N–H and O–H groups in total. The van der Waals surface area contributed by atoms with E-state index in [1.165, 1.54) is 19.8 Å². The Morgan fingerprint density at radius 3 is 2.41 bits per heavy atom. The van der Waals surface area contributed by atoms with Gasteiger partial charge in [0.1, 0.15) is 0 Å². The Bertz CT molecular complexity index is 532. The summed E-state index contributed by atoms with van der Waals surface area (Å²) in [6.45, 7) is 10.0. The predicted octanol–water partition coefficient (Wildman–Crippen LogP) is -0.381. The maximum absolute atomic E-state index is 13.2. The van der Waals surface area contributed by atoms with Gasteiger partial charge in [-0.3, -0.25) is 19.4 Å². The van der Waals surface area contributed by atoms with Gasteiger partial charge in [0, 0.05) is 58.5 Å². The van der Waals surface area contributed by atoms with Crippen molar-refractivity contribution in [2.45, 2.75) is 57.4 Å². The highest BCUT2D eigenvalue weighted by atomic mass is 16.7.